The zero-order valence-electron chi connectivity index (χ0n) is 13.4. The molecule has 0 spiro atoms. The first kappa shape index (κ1) is 27.8. The maximum Gasteiger partial charge on any atom is 0.335 e. The summed E-state index contributed by atoms with van der Waals surface area (Å²) in [7, 11) is 0. The van der Waals surface area contributed by atoms with Crippen LogP contribution >= 0.6 is 0 Å². The van der Waals surface area contributed by atoms with Crippen molar-refractivity contribution in [3.8, 4) is 0 Å². The number of carboxylic acid groups (broad SMARTS) is 1. The molecule has 26 heavy (non-hydrogen) atoms. The molecule has 1 saturated heterocycles. The Labute approximate surface area is 158 Å². The van der Waals surface area contributed by atoms with E-state index in [0.717, 1.165) is 0 Å². The molecule has 0 amide bonds. The number of rotatable bonds is 6. The molecular formula is C12H25MnNO12. The molecule has 0 bridgehead atoms. The molecule has 1 radical (unpaired) electrons. The zero-order valence-corrected chi connectivity index (χ0v) is 14.5. The molecule has 0 aromatic carbocycles. The molecule has 0 saturated carbocycles. The van der Waals surface area contributed by atoms with E-state index in [-0.39, 0.29) is 17.1 Å². The maximum absolute atomic E-state index is 10.1. The summed E-state index contributed by atoms with van der Waals surface area (Å²) < 4.78 is 4.70. The van der Waals surface area contributed by atoms with Crippen molar-refractivity contribution in [3.05, 3.63) is 0 Å². The van der Waals surface area contributed by atoms with E-state index in [9.17, 15) is 15.0 Å². The fourth-order valence-corrected chi connectivity index (χ4v) is 1.79. The molecule has 1 heterocycles. The predicted molar refractivity (Wildman–Crippen MR) is 76.7 cm³/mol. The normalized spacial score (nSPS) is 32.9. The summed E-state index contributed by atoms with van der Waals surface area (Å²) in [5, 5.41) is 87.9. The molecular weight excluding hydrogens is 405 g/mol. The third-order valence-electron chi connectivity index (χ3n) is 3.46. The standard InChI is InChI=1S/C6H13NO5.C6H12O7.Mn/c7-3-5(10)4(9)2(1-8)12-6(3)11;7-1-2(8)3(9)4(10)5(11)6(12)13;/h2-6,8-11H,1,7H2;2-5,7-11H,1H2,(H,12,13);/t2-,3-,4-,5-,6-;2-,3-,4+,5-;/m11./s1. The summed E-state index contributed by atoms with van der Waals surface area (Å²) in [5.74, 6) is -1.73. The van der Waals surface area contributed by atoms with Crippen LogP contribution in [0.25, 0.3) is 0 Å². The van der Waals surface area contributed by atoms with E-state index in [0.29, 0.717) is 0 Å². The largest absolute Gasteiger partial charge is 0.479 e. The van der Waals surface area contributed by atoms with E-state index in [4.69, 9.17) is 51.3 Å². The Kier molecular flexibility index (Phi) is 13.7. The molecule has 0 aromatic rings. The minimum Gasteiger partial charge on any atom is -0.479 e. The second-order valence-corrected chi connectivity index (χ2v) is 5.32. The zero-order chi connectivity index (χ0) is 19.9. The summed E-state index contributed by atoms with van der Waals surface area (Å²) >= 11 is 0. The van der Waals surface area contributed by atoms with Gasteiger partial charge in [-0.1, -0.05) is 0 Å². The van der Waals surface area contributed by atoms with Crippen molar-refractivity contribution in [2.24, 2.45) is 5.73 Å². The van der Waals surface area contributed by atoms with Gasteiger partial charge in [0.05, 0.1) is 19.3 Å². The number of carboxylic acids is 1. The molecule has 0 unspecified atom stereocenters. The summed E-state index contributed by atoms with van der Waals surface area (Å²) in [4.78, 5) is 10.1. The van der Waals surface area contributed by atoms with Gasteiger partial charge in [0, 0.05) is 17.1 Å². The Morgan fingerprint density at radius 3 is 1.88 bits per heavy atom. The SMILES string of the molecule is N[C@@H]1[C@@H](O)[C@H](O)[C@@H](CO)O[C@H]1O.O=C(O)[C@H](O)[C@@H](O)[C@H](O)[C@H](O)CO.[Mn]. The number of aliphatic hydroxyl groups excluding tert-OH is 9. The van der Waals surface area contributed by atoms with Crippen LogP contribution in [0.5, 0.6) is 0 Å². The topological polar surface area (TPSA) is 255 Å². The first-order valence-corrected chi connectivity index (χ1v) is 7.11. The van der Waals surface area contributed by atoms with Crippen LogP contribution in [-0.2, 0) is 26.6 Å². The predicted octanol–water partition coefficient (Wildman–Crippen LogP) is -6.75. The minimum absolute atomic E-state index is 0. The smallest absolute Gasteiger partial charge is 0.335 e. The number of nitrogens with two attached hydrogens (primary N) is 1. The molecule has 1 rings (SSSR count). The second kappa shape index (κ2) is 12.9. The van der Waals surface area contributed by atoms with Gasteiger partial charge >= 0.3 is 5.97 Å². The van der Waals surface area contributed by atoms with Gasteiger partial charge in [-0.15, -0.1) is 0 Å². The van der Waals surface area contributed by atoms with E-state index in [1.54, 1.807) is 0 Å². The van der Waals surface area contributed by atoms with Crippen molar-refractivity contribution in [1.82, 2.24) is 0 Å². The van der Waals surface area contributed by atoms with Gasteiger partial charge in [0.1, 0.15) is 36.6 Å². The number of hydrogen-bond donors (Lipinski definition) is 11. The quantitative estimate of drug-likeness (QED) is 0.175. The summed E-state index contributed by atoms with van der Waals surface area (Å²) in [6.07, 6.45) is -12.7. The molecule has 157 valence electrons. The van der Waals surface area contributed by atoms with Crippen molar-refractivity contribution in [3.63, 3.8) is 0 Å². The average Bonchev–Trinajstić information content (AvgIpc) is 2.60. The molecule has 14 heteroatoms. The van der Waals surface area contributed by atoms with Crippen LogP contribution in [-0.4, -0.2) is 125 Å². The number of aliphatic carboxylic acids is 1. The van der Waals surface area contributed by atoms with Gasteiger partial charge in [-0.3, -0.25) is 0 Å². The first-order valence-electron chi connectivity index (χ1n) is 7.11. The van der Waals surface area contributed by atoms with Crippen LogP contribution in [0.2, 0.25) is 0 Å². The van der Waals surface area contributed by atoms with Crippen LogP contribution in [0.15, 0.2) is 0 Å². The summed E-state index contributed by atoms with van der Waals surface area (Å²) in [6, 6.07) is -1.04. The van der Waals surface area contributed by atoms with E-state index < -0.39 is 74.2 Å². The van der Waals surface area contributed by atoms with E-state index >= 15 is 0 Å². The molecule has 13 nitrogen and oxygen atoms in total. The number of aliphatic hydroxyl groups is 9. The van der Waals surface area contributed by atoms with Gasteiger partial charge in [0.15, 0.2) is 12.4 Å². The molecule has 12 N–H and O–H groups in total. The van der Waals surface area contributed by atoms with Gasteiger partial charge in [-0.2, -0.15) is 0 Å². The minimum atomic E-state index is -2.20. The fourth-order valence-electron chi connectivity index (χ4n) is 1.79. The maximum atomic E-state index is 10.1. The van der Waals surface area contributed by atoms with Crippen LogP contribution in [0.3, 0.4) is 0 Å². The molecule has 1 aliphatic rings. The van der Waals surface area contributed by atoms with Crippen LogP contribution in [0.1, 0.15) is 0 Å². The average molecular weight is 430 g/mol. The third kappa shape index (κ3) is 7.66. The summed E-state index contributed by atoms with van der Waals surface area (Å²) in [6.45, 7) is -1.31. The number of ether oxygens (including phenoxy) is 1. The van der Waals surface area contributed by atoms with Crippen LogP contribution in [0.4, 0.5) is 0 Å². The Morgan fingerprint density at radius 2 is 1.50 bits per heavy atom. The molecule has 0 aromatic heterocycles. The number of carbonyl (C=O) groups is 1. The van der Waals surface area contributed by atoms with Crippen LogP contribution < -0.4 is 5.73 Å². The Morgan fingerprint density at radius 1 is 1.00 bits per heavy atom. The van der Waals surface area contributed by atoms with Crippen LogP contribution in [0, 0.1) is 0 Å². The Bertz CT molecular complexity index is 400. The molecule has 9 atom stereocenters. The Balaban J connectivity index is 0. The van der Waals surface area contributed by atoms with Gasteiger partial charge < -0.3 is 61.5 Å². The van der Waals surface area contributed by atoms with Gasteiger partial charge in [0.2, 0.25) is 0 Å². The van der Waals surface area contributed by atoms with E-state index in [1.807, 2.05) is 0 Å². The monoisotopic (exact) mass is 430 g/mol. The van der Waals surface area contributed by atoms with Gasteiger partial charge in [0.25, 0.3) is 0 Å². The molecule has 1 aliphatic heterocycles. The van der Waals surface area contributed by atoms with Crippen molar-refractivity contribution in [1.29, 1.82) is 0 Å². The van der Waals surface area contributed by atoms with Gasteiger partial charge in [-0.25, -0.2) is 4.79 Å². The van der Waals surface area contributed by atoms with E-state index in [1.165, 1.54) is 0 Å². The van der Waals surface area contributed by atoms with Crippen molar-refractivity contribution >= 4 is 5.97 Å². The fraction of sp³-hybridized carbons (Fsp3) is 0.917. The van der Waals surface area contributed by atoms with Crippen molar-refractivity contribution in [2.75, 3.05) is 13.2 Å². The molecule has 1 fully saturated rings. The van der Waals surface area contributed by atoms with Crippen molar-refractivity contribution in [2.45, 2.75) is 55.1 Å². The molecule has 0 aliphatic carbocycles. The van der Waals surface area contributed by atoms with E-state index in [2.05, 4.69) is 0 Å². The summed E-state index contributed by atoms with van der Waals surface area (Å²) in [5.41, 5.74) is 5.26. The van der Waals surface area contributed by atoms with Crippen molar-refractivity contribution < 1.29 is 77.7 Å². The third-order valence-corrected chi connectivity index (χ3v) is 3.46. The van der Waals surface area contributed by atoms with Gasteiger partial charge in [-0.05, 0) is 0 Å². The Hall–Kier alpha value is -0.451. The number of hydrogen-bond acceptors (Lipinski definition) is 12. The second-order valence-electron chi connectivity index (χ2n) is 5.32. The first-order chi connectivity index (χ1) is 11.5.